The largest absolute Gasteiger partial charge is 0.465 e. The lowest BCUT2D eigenvalue weighted by Gasteiger charge is -2.05. The number of hydrogen-bond donors (Lipinski definition) is 2. The Labute approximate surface area is 89.7 Å². The molecule has 3 nitrogen and oxygen atoms in total. The third-order valence-corrected chi connectivity index (χ3v) is 1.84. The summed E-state index contributed by atoms with van der Waals surface area (Å²) in [6, 6.07) is 0. The van der Waals surface area contributed by atoms with Crippen LogP contribution in [0.1, 0.15) is 12.8 Å². The van der Waals surface area contributed by atoms with Gasteiger partial charge < -0.3 is 14.9 Å². The molecule has 2 aliphatic carbocycles. The molecule has 2 aliphatic rings. The fraction of sp³-hybridized carbons (Fsp3) is 0.333. The molecular formula is C12H16O3. The van der Waals surface area contributed by atoms with Gasteiger partial charge in [-0.3, -0.25) is 0 Å². The second-order valence-corrected chi connectivity index (χ2v) is 3.08. The summed E-state index contributed by atoms with van der Waals surface area (Å²) < 4.78 is 5.57. The average molecular weight is 208 g/mol. The zero-order valence-electron chi connectivity index (χ0n) is 8.60. The molecule has 0 saturated heterocycles. The lowest BCUT2D eigenvalue weighted by atomic mass is 10.4. The molecule has 0 heterocycles. The van der Waals surface area contributed by atoms with Crippen LogP contribution >= 0.6 is 0 Å². The molecule has 0 amide bonds. The van der Waals surface area contributed by atoms with Gasteiger partial charge in [0.25, 0.3) is 0 Å². The number of aliphatic hydroxyl groups excluding tert-OH is 2. The third kappa shape index (κ3) is 4.63. The molecule has 3 heteroatoms. The quantitative estimate of drug-likeness (QED) is 0.741. The maximum Gasteiger partial charge on any atom is 0.107 e. The van der Waals surface area contributed by atoms with Crippen LogP contribution in [0.3, 0.4) is 0 Å². The number of rotatable bonds is 3. The van der Waals surface area contributed by atoms with Crippen molar-refractivity contribution in [1.82, 2.24) is 0 Å². The van der Waals surface area contributed by atoms with Crippen molar-refractivity contribution in [3.8, 4) is 0 Å². The molecule has 2 N–H and O–H groups in total. The van der Waals surface area contributed by atoms with Crippen LogP contribution in [0.5, 0.6) is 0 Å². The summed E-state index contributed by atoms with van der Waals surface area (Å²) in [7, 11) is 0. The normalized spacial score (nSPS) is 16.9. The topological polar surface area (TPSA) is 49.7 Å². The molecule has 0 atom stereocenters. The number of ether oxygens (including phenoxy) is 1. The maximum absolute atomic E-state index is 7.62. The molecule has 0 aliphatic heterocycles. The van der Waals surface area contributed by atoms with Crippen molar-refractivity contribution < 1.29 is 14.9 Å². The Hall–Kier alpha value is -1.32. The lowest BCUT2D eigenvalue weighted by Crippen LogP contribution is -1.87. The zero-order chi connectivity index (χ0) is 10.9. The Morgan fingerprint density at radius 2 is 1.40 bits per heavy atom. The van der Waals surface area contributed by atoms with E-state index in [9.17, 15) is 0 Å². The van der Waals surface area contributed by atoms with Gasteiger partial charge in [-0.25, -0.2) is 0 Å². The van der Waals surface area contributed by atoms with E-state index in [1.165, 1.54) is 0 Å². The second-order valence-electron chi connectivity index (χ2n) is 3.08. The van der Waals surface area contributed by atoms with Gasteiger partial charge in [-0.1, -0.05) is 24.3 Å². The highest BCUT2D eigenvalue weighted by Gasteiger charge is 2.04. The molecule has 0 fully saturated rings. The van der Waals surface area contributed by atoms with Gasteiger partial charge in [0.05, 0.1) is 13.2 Å². The summed E-state index contributed by atoms with van der Waals surface area (Å²) >= 11 is 0. The van der Waals surface area contributed by atoms with Gasteiger partial charge in [0.2, 0.25) is 0 Å². The van der Waals surface area contributed by atoms with Gasteiger partial charge in [0, 0.05) is 12.8 Å². The third-order valence-electron chi connectivity index (χ3n) is 1.84. The predicted octanol–water partition coefficient (Wildman–Crippen LogP) is 1.66. The van der Waals surface area contributed by atoms with Crippen LogP contribution in [0, 0.1) is 0 Å². The van der Waals surface area contributed by atoms with E-state index in [1.807, 2.05) is 24.3 Å². The monoisotopic (exact) mass is 208 g/mol. The molecular weight excluding hydrogens is 192 g/mol. The van der Waals surface area contributed by atoms with E-state index < -0.39 is 0 Å². The van der Waals surface area contributed by atoms with Gasteiger partial charge in [-0.05, 0) is 12.2 Å². The molecule has 0 spiro atoms. The first-order valence-corrected chi connectivity index (χ1v) is 4.97. The first-order chi connectivity index (χ1) is 7.36. The van der Waals surface area contributed by atoms with Crippen LogP contribution in [0.15, 0.2) is 48.0 Å². The van der Waals surface area contributed by atoms with E-state index in [0.29, 0.717) is 0 Å². The summed E-state index contributed by atoms with van der Waals surface area (Å²) in [5, 5.41) is 15.2. The van der Waals surface area contributed by atoms with Crippen LogP contribution in [-0.4, -0.2) is 23.4 Å². The van der Waals surface area contributed by atoms with E-state index in [0.717, 1.165) is 24.4 Å². The minimum atomic E-state index is -0.125. The SMILES string of the molecule is C1=CCC(OC2=CC=CC2)=C1.OCCO. The molecule has 0 aromatic rings. The minimum Gasteiger partial charge on any atom is -0.465 e. The number of aliphatic hydroxyl groups is 2. The first kappa shape index (κ1) is 11.8. The minimum absolute atomic E-state index is 0.125. The van der Waals surface area contributed by atoms with E-state index in [4.69, 9.17) is 14.9 Å². The van der Waals surface area contributed by atoms with Crippen molar-refractivity contribution in [2.75, 3.05) is 13.2 Å². The van der Waals surface area contributed by atoms with Gasteiger partial charge in [-0.15, -0.1) is 0 Å². The summed E-state index contributed by atoms with van der Waals surface area (Å²) in [6.07, 6.45) is 14.2. The maximum atomic E-state index is 7.62. The van der Waals surface area contributed by atoms with Gasteiger partial charge in [0.15, 0.2) is 0 Å². The summed E-state index contributed by atoms with van der Waals surface area (Å²) in [5.74, 6) is 2.11. The Morgan fingerprint density at radius 3 is 1.67 bits per heavy atom. The van der Waals surface area contributed by atoms with Gasteiger partial charge >= 0.3 is 0 Å². The highest BCUT2D eigenvalue weighted by Crippen LogP contribution is 2.20. The fourth-order valence-corrected chi connectivity index (χ4v) is 1.17. The van der Waals surface area contributed by atoms with E-state index in [1.54, 1.807) is 0 Å². The predicted molar refractivity (Wildman–Crippen MR) is 58.9 cm³/mol. The van der Waals surface area contributed by atoms with E-state index in [2.05, 4.69) is 12.2 Å². The first-order valence-electron chi connectivity index (χ1n) is 4.97. The highest BCUT2D eigenvalue weighted by atomic mass is 16.5. The van der Waals surface area contributed by atoms with E-state index in [-0.39, 0.29) is 13.2 Å². The van der Waals surface area contributed by atoms with Crippen molar-refractivity contribution in [3.63, 3.8) is 0 Å². The van der Waals surface area contributed by atoms with Crippen molar-refractivity contribution in [2.45, 2.75) is 12.8 Å². The molecule has 82 valence electrons. The number of allylic oxidation sites excluding steroid dienone is 6. The fourth-order valence-electron chi connectivity index (χ4n) is 1.17. The molecule has 15 heavy (non-hydrogen) atoms. The molecule has 0 bridgehead atoms. The summed E-state index contributed by atoms with van der Waals surface area (Å²) in [5.41, 5.74) is 0. The molecule has 0 aromatic carbocycles. The Balaban J connectivity index is 0.000000245. The molecule has 0 aromatic heterocycles. The smallest absolute Gasteiger partial charge is 0.107 e. The highest BCUT2D eigenvalue weighted by molar-refractivity contribution is 5.24. The molecule has 0 radical (unpaired) electrons. The van der Waals surface area contributed by atoms with Crippen LogP contribution in [0.25, 0.3) is 0 Å². The van der Waals surface area contributed by atoms with Gasteiger partial charge in [0.1, 0.15) is 11.5 Å². The molecule has 0 saturated carbocycles. The molecule has 2 rings (SSSR count). The van der Waals surface area contributed by atoms with Crippen molar-refractivity contribution in [1.29, 1.82) is 0 Å². The lowest BCUT2D eigenvalue weighted by molar-refractivity contribution is 0.186. The zero-order valence-corrected chi connectivity index (χ0v) is 8.60. The Bertz CT molecular complexity index is 268. The standard InChI is InChI=1S/C10H10O.C2H6O2/c1-2-6-9(5-1)11-10-7-3-4-8-10;3-1-2-4/h1-5,7H,6,8H2;3-4H,1-2H2. The second kappa shape index (κ2) is 7.04. The van der Waals surface area contributed by atoms with E-state index >= 15 is 0 Å². The number of hydrogen-bond acceptors (Lipinski definition) is 3. The average Bonchev–Trinajstić information content (AvgIpc) is 2.92. The summed E-state index contributed by atoms with van der Waals surface area (Å²) in [6.45, 7) is -0.250. The van der Waals surface area contributed by atoms with Crippen LogP contribution < -0.4 is 0 Å². The Morgan fingerprint density at radius 1 is 0.933 bits per heavy atom. The Kier molecular flexibility index (Phi) is 5.51. The van der Waals surface area contributed by atoms with Crippen molar-refractivity contribution in [2.24, 2.45) is 0 Å². The van der Waals surface area contributed by atoms with Crippen LogP contribution in [0.2, 0.25) is 0 Å². The summed E-state index contributed by atoms with van der Waals surface area (Å²) in [4.78, 5) is 0. The molecule has 0 unspecified atom stereocenters. The van der Waals surface area contributed by atoms with Crippen LogP contribution in [-0.2, 0) is 4.74 Å². The van der Waals surface area contributed by atoms with Crippen molar-refractivity contribution in [3.05, 3.63) is 48.0 Å². The van der Waals surface area contributed by atoms with Crippen molar-refractivity contribution >= 4 is 0 Å². The van der Waals surface area contributed by atoms with Gasteiger partial charge in [-0.2, -0.15) is 0 Å². The van der Waals surface area contributed by atoms with Crippen LogP contribution in [0.4, 0.5) is 0 Å².